The number of methoxy groups -OCH3 is 1. The van der Waals surface area contributed by atoms with Crippen molar-refractivity contribution in [3.05, 3.63) is 42.1 Å². The number of hydrogen-bond acceptors (Lipinski definition) is 4. The zero-order chi connectivity index (χ0) is 16.7. The van der Waals surface area contributed by atoms with E-state index in [-0.39, 0.29) is 23.7 Å². The van der Waals surface area contributed by atoms with E-state index in [0.29, 0.717) is 18.5 Å². The minimum atomic E-state index is -0.364. The number of ether oxygens (including phenoxy) is 1. The van der Waals surface area contributed by atoms with Crippen LogP contribution < -0.4 is 0 Å². The zero-order valence-electron chi connectivity index (χ0n) is 13.8. The summed E-state index contributed by atoms with van der Waals surface area (Å²) in [5.74, 6) is -0.0164. The molecular weight excluding hydrogens is 304 g/mol. The highest BCUT2D eigenvalue weighted by atomic mass is 16.5. The minimum absolute atomic E-state index is 0.0164. The van der Waals surface area contributed by atoms with Crippen LogP contribution in [0.1, 0.15) is 36.0 Å². The molecule has 0 radical (unpaired) electrons. The molecule has 1 aromatic heterocycles. The lowest BCUT2D eigenvalue weighted by Gasteiger charge is -2.42. The molecule has 1 aliphatic carbocycles. The first kappa shape index (κ1) is 15.5. The molecule has 0 unspecified atom stereocenters. The molecule has 1 N–H and O–H groups in total. The van der Waals surface area contributed by atoms with Gasteiger partial charge in [0.15, 0.2) is 0 Å². The lowest BCUT2D eigenvalue weighted by molar-refractivity contribution is -0.0824. The van der Waals surface area contributed by atoms with E-state index in [1.807, 2.05) is 35.2 Å². The van der Waals surface area contributed by atoms with E-state index in [2.05, 4.69) is 4.98 Å². The third kappa shape index (κ3) is 2.31. The topological polar surface area (TPSA) is 62.7 Å². The maximum absolute atomic E-state index is 13.2. The van der Waals surface area contributed by atoms with Gasteiger partial charge in [0.25, 0.3) is 5.91 Å². The number of benzene rings is 1. The number of para-hydroxylation sites is 1. The number of amides is 1. The number of aromatic nitrogens is 1. The van der Waals surface area contributed by atoms with Crippen LogP contribution in [0.4, 0.5) is 0 Å². The van der Waals surface area contributed by atoms with Crippen LogP contribution in [0, 0.1) is 0 Å². The molecule has 126 valence electrons. The normalized spacial score (nSPS) is 29.7. The average molecular weight is 326 g/mol. The van der Waals surface area contributed by atoms with Gasteiger partial charge in [0.05, 0.1) is 28.8 Å². The van der Waals surface area contributed by atoms with Crippen molar-refractivity contribution in [3.8, 4) is 0 Å². The van der Waals surface area contributed by atoms with Gasteiger partial charge in [0, 0.05) is 25.2 Å². The standard InChI is InChI=1S/C19H22N2O3/c1-24-19-8-7-14(22)12-16(19)21(11-9-19)18(23)15-6-2-4-13-5-3-10-20-17(13)15/h2-6,10,14,16,22H,7-9,11-12H2,1H3/t14-,16-,19+/m0/s1. The third-order valence-corrected chi connectivity index (χ3v) is 5.69. The fraction of sp³-hybridized carbons (Fsp3) is 0.474. The fourth-order valence-corrected chi connectivity index (χ4v) is 4.35. The third-order valence-electron chi connectivity index (χ3n) is 5.69. The molecule has 2 fully saturated rings. The van der Waals surface area contributed by atoms with E-state index in [1.165, 1.54) is 0 Å². The van der Waals surface area contributed by atoms with E-state index in [1.54, 1.807) is 13.3 Å². The number of hydrogen-bond donors (Lipinski definition) is 1. The van der Waals surface area contributed by atoms with Crippen molar-refractivity contribution in [2.24, 2.45) is 0 Å². The molecule has 4 rings (SSSR count). The van der Waals surface area contributed by atoms with Crippen molar-refractivity contribution in [1.82, 2.24) is 9.88 Å². The SMILES string of the molecule is CO[C@@]12CC[C@H](O)C[C@@H]1N(C(=O)c1cccc3cccnc13)CC2. The molecule has 5 heteroatoms. The summed E-state index contributed by atoms with van der Waals surface area (Å²) >= 11 is 0. The minimum Gasteiger partial charge on any atom is -0.393 e. The Labute approximate surface area is 141 Å². The van der Waals surface area contributed by atoms with Crippen LogP contribution in [0.25, 0.3) is 10.9 Å². The van der Waals surface area contributed by atoms with Crippen LogP contribution in [0.15, 0.2) is 36.5 Å². The van der Waals surface area contributed by atoms with Crippen LogP contribution in [0.5, 0.6) is 0 Å². The monoisotopic (exact) mass is 326 g/mol. The van der Waals surface area contributed by atoms with Gasteiger partial charge in [-0.15, -0.1) is 0 Å². The van der Waals surface area contributed by atoms with Gasteiger partial charge in [0.2, 0.25) is 0 Å². The molecule has 1 saturated heterocycles. The maximum Gasteiger partial charge on any atom is 0.256 e. The number of fused-ring (bicyclic) bond motifs is 2. The average Bonchev–Trinajstić information content (AvgIpc) is 3.00. The first-order chi connectivity index (χ1) is 11.6. The predicted molar refractivity (Wildman–Crippen MR) is 90.8 cm³/mol. The Hall–Kier alpha value is -1.98. The summed E-state index contributed by atoms with van der Waals surface area (Å²) in [5.41, 5.74) is 1.05. The van der Waals surface area contributed by atoms with E-state index in [4.69, 9.17) is 4.74 Å². The zero-order valence-corrected chi connectivity index (χ0v) is 13.8. The lowest BCUT2D eigenvalue weighted by Crippen LogP contribution is -2.52. The molecule has 1 aliphatic heterocycles. The quantitative estimate of drug-likeness (QED) is 0.920. The molecule has 24 heavy (non-hydrogen) atoms. The molecule has 2 aromatic rings. The molecule has 3 atom stereocenters. The second kappa shape index (κ2) is 5.83. The van der Waals surface area contributed by atoms with Crippen molar-refractivity contribution in [1.29, 1.82) is 0 Å². The Balaban J connectivity index is 1.71. The number of carbonyl (C=O) groups is 1. The van der Waals surface area contributed by atoms with Gasteiger partial charge in [-0.05, 0) is 37.8 Å². The van der Waals surface area contributed by atoms with E-state index in [9.17, 15) is 9.90 Å². The summed E-state index contributed by atoms with van der Waals surface area (Å²) in [6.07, 6.45) is 4.29. The number of pyridine rings is 1. The number of aliphatic hydroxyl groups excluding tert-OH is 1. The van der Waals surface area contributed by atoms with Crippen molar-refractivity contribution in [2.75, 3.05) is 13.7 Å². The van der Waals surface area contributed by atoms with E-state index >= 15 is 0 Å². The summed E-state index contributed by atoms with van der Waals surface area (Å²) in [7, 11) is 1.72. The second-order valence-corrected chi connectivity index (χ2v) is 6.84. The van der Waals surface area contributed by atoms with Crippen LogP contribution >= 0.6 is 0 Å². The number of aliphatic hydroxyl groups is 1. The molecular formula is C19H22N2O3. The summed E-state index contributed by atoms with van der Waals surface area (Å²) in [5, 5.41) is 11.1. The van der Waals surface area contributed by atoms with Gasteiger partial charge in [-0.25, -0.2) is 0 Å². The van der Waals surface area contributed by atoms with Gasteiger partial charge in [-0.3, -0.25) is 9.78 Å². The molecule has 2 aliphatic rings. The highest BCUT2D eigenvalue weighted by Gasteiger charge is 2.52. The van der Waals surface area contributed by atoms with Gasteiger partial charge < -0.3 is 14.7 Å². The molecule has 1 aromatic carbocycles. The molecule has 1 amide bonds. The first-order valence-electron chi connectivity index (χ1n) is 8.52. The van der Waals surface area contributed by atoms with E-state index in [0.717, 1.165) is 30.2 Å². The van der Waals surface area contributed by atoms with Crippen LogP contribution in [-0.4, -0.2) is 52.3 Å². The number of likely N-dealkylation sites (tertiary alicyclic amines) is 1. The molecule has 2 heterocycles. The van der Waals surface area contributed by atoms with E-state index < -0.39 is 0 Å². The highest BCUT2D eigenvalue weighted by molar-refractivity contribution is 6.05. The van der Waals surface area contributed by atoms with Crippen LogP contribution in [0.2, 0.25) is 0 Å². The van der Waals surface area contributed by atoms with Crippen LogP contribution in [-0.2, 0) is 4.74 Å². The predicted octanol–water partition coefficient (Wildman–Crippen LogP) is 2.38. The molecule has 0 bridgehead atoms. The van der Waals surface area contributed by atoms with Gasteiger partial charge >= 0.3 is 0 Å². The lowest BCUT2D eigenvalue weighted by atomic mass is 9.79. The number of rotatable bonds is 2. The van der Waals surface area contributed by atoms with Crippen LogP contribution in [0.3, 0.4) is 0 Å². The maximum atomic E-state index is 13.2. The molecule has 5 nitrogen and oxygen atoms in total. The number of nitrogens with zero attached hydrogens (tertiary/aromatic N) is 2. The molecule has 1 saturated carbocycles. The van der Waals surface area contributed by atoms with Gasteiger partial charge in [0.1, 0.15) is 0 Å². The Morgan fingerprint density at radius 3 is 3.00 bits per heavy atom. The number of carbonyl (C=O) groups excluding carboxylic acids is 1. The molecule has 0 spiro atoms. The summed E-state index contributed by atoms with van der Waals surface area (Å²) in [4.78, 5) is 19.5. The smallest absolute Gasteiger partial charge is 0.256 e. The summed E-state index contributed by atoms with van der Waals surface area (Å²) < 4.78 is 5.83. The Bertz CT molecular complexity index is 773. The highest BCUT2D eigenvalue weighted by Crippen LogP contribution is 2.43. The van der Waals surface area contributed by atoms with Crippen molar-refractivity contribution < 1.29 is 14.6 Å². The van der Waals surface area contributed by atoms with Gasteiger partial charge in [-0.1, -0.05) is 18.2 Å². The van der Waals surface area contributed by atoms with Crippen molar-refractivity contribution in [3.63, 3.8) is 0 Å². The first-order valence-corrected chi connectivity index (χ1v) is 8.52. The Morgan fingerprint density at radius 1 is 1.33 bits per heavy atom. The Kier molecular flexibility index (Phi) is 3.77. The summed E-state index contributed by atoms with van der Waals surface area (Å²) in [6, 6.07) is 9.47. The van der Waals surface area contributed by atoms with Gasteiger partial charge in [-0.2, -0.15) is 0 Å². The largest absolute Gasteiger partial charge is 0.393 e. The van der Waals surface area contributed by atoms with Crippen molar-refractivity contribution >= 4 is 16.8 Å². The Morgan fingerprint density at radius 2 is 2.17 bits per heavy atom. The van der Waals surface area contributed by atoms with Crippen molar-refractivity contribution in [2.45, 2.75) is 43.4 Å². The fourth-order valence-electron chi connectivity index (χ4n) is 4.35. The summed E-state index contributed by atoms with van der Waals surface area (Å²) in [6.45, 7) is 0.660. The second-order valence-electron chi connectivity index (χ2n) is 6.84.